The Morgan fingerprint density at radius 1 is 1.05 bits per heavy atom. The number of anilines is 1. The number of para-hydroxylation sites is 1. The minimum Gasteiger partial charge on any atom is -0.604 e. The Hall–Kier alpha value is -1.53. The molecule has 0 atom stereocenters. The van der Waals surface area contributed by atoms with E-state index in [9.17, 15) is 0 Å². The molecular formula is C16H25BN2O3. The van der Waals surface area contributed by atoms with Gasteiger partial charge in [0.1, 0.15) is 5.69 Å². The minimum absolute atomic E-state index is 0.239. The normalized spacial score (nSPS) is 25.9. The second-order valence-electron chi connectivity index (χ2n) is 7.36. The molecule has 1 aromatic rings. The van der Waals surface area contributed by atoms with E-state index in [1.165, 1.54) is 0 Å². The van der Waals surface area contributed by atoms with Crippen LogP contribution in [0.15, 0.2) is 24.3 Å². The van der Waals surface area contributed by atoms with Gasteiger partial charge in [-0.05, 0) is 47.6 Å². The van der Waals surface area contributed by atoms with Crippen LogP contribution in [0.5, 0.6) is 0 Å². The van der Waals surface area contributed by atoms with Crippen LogP contribution in [0.25, 0.3) is 0 Å². The average molecular weight is 304 g/mol. The van der Waals surface area contributed by atoms with Crippen LogP contribution in [-0.2, 0) is 14.0 Å². The van der Waals surface area contributed by atoms with Gasteiger partial charge in [0, 0.05) is 11.2 Å². The van der Waals surface area contributed by atoms with E-state index in [0.717, 1.165) is 11.2 Å². The summed E-state index contributed by atoms with van der Waals surface area (Å²) in [6.07, 6.45) is 0. The maximum absolute atomic E-state index is 6.35. The summed E-state index contributed by atoms with van der Waals surface area (Å²) in [6, 6.07) is 8.77. The quantitative estimate of drug-likeness (QED) is 0.751. The molecular weight excluding hydrogens is 279 g/mol. The van der Waals surface area contributed by atoms with E-state index in [2.05, 4.69) is 24.2 Å². The highest BCUT2D eigenvalue weighted by Gasteiger charge is 2.58. The maximum atomic E-state index is 6.35. The molecule has 0 radical (unpaired) electrons. The standard InChI is InChI=1S/C16H24BN2O3/c1-11(2)18-14-19-13-10-8-7-9-12(13)17(20-14)21-15(3,4)16(5,6)22-17/h7-11H,1-6H3,(H,18,19)/q-1/p+1. The Balaban J connectivity index is 2.11. The summed E-state index contributed by atoms with van der Waals surface area (Å²) in [5.74, 6) is 0. The molecule has 6 heteroatoms. The Bertz CT molecular complexity index is 610. The van der Waals surface area contributed by atoms with Gasteiger partial charge in [-0.25, -0.2) is 10.3 Å². The van der Waals surface area contributed by atoms with Crippen molar-refractivity contribution in [3.05, 3.63) is 24.3 Å². The van der Waals surface area contributed by atoms with Crippen molar-refractivity contribution >= 4 is 23.9 Å². The summed E-state index contributed by atoms with van der Waals surface area (Å²) in [7, 11) is 0. The molecule has 1 spiro atoms. The van der Waals surface area contributed by atoms with E-state index in [4.69, 9.17) is 14.0 Å². The van der Waals surface area contributed by atoms with Crippen molar-refractivity contribution in [3.8, 4) is 0 Å². The van der Waals surface area contributed by atoms with Gasteiger partial charge in [0.2, 0.25) is 0 Å². The first-order valence-electron chi connectivity index (χ1n) is 7.88. The summed E-state index contributed by atoms with van der Waals surface area (Å²) < 4.78 is 18.9. The Labute approximate surface area is 132 Å². The van der Waals surface area contributed by atoms with Crippen LogP contribution >= 0.6 is 0 Å². The topological polar surface area (TPSA) is 53.7 Å². The molecule has 22 heavy (non-hydrogen) atoms. The van der Waals surface area contributed by atoms with Crippen LogP contribution < -0.4 is 15.8 Å². The fourth-order valence-electron chi connectivity index (χ4n) is 2.88. The summed E-state index contributed by atoms with van der Waals surface area (Å²) in [4.78, 5) is 3.27. The Kier molecular flexibility index (Phi) is 3.31. The molecule has 120 valence electrons. The zero-order valence-corrected chi connectivity index (χ0v) is 14.2. The molecule has 0 saturated carbocycles. The van der Waals surface area contributed by atoms with Crippen molar-refractivity contribution in [1.29, 1.82) is 0 Å². The van der Waals surface area contributed by atoms with E-state index < -0.39 is 18.0 Å². The largest absolute Gasteiger partial charge is 0.604 e. The fourth-order valence-corrected chi connectivity index (χ4v) is 2.88. The van der Waals surface area contributed by atoms with Crippen molar-refractivity contribution in [1.82, 2.24) is 0 Å². The first kappa shape index (κ1) is 15.4. The van der Waals surface area contributed by atoms with E-state index in [-0.39, 0.29) is 6.04 Å². The van der Waals surface area contributed by atoms with Crippen molar-refractivity contribution < 1.29 is 19.0 Å². The zero-order chi connectivity index (χ0) is 16.2. The molecule has 0 aliphatic carbocycles. The molecule has 3 rings (SSSR count). The monoisotopic (exact) mass is 304 g/mol. The van der Waals surface area contributed by atoms with E-state index in [1.807, 2.05) is 52.0 Å². The van der Waals surface area contributed by atoms with Crippen molar-refractivity contribution in [2.75, 3.05) is 5.32 Å². The summed E-state index contributed by atoms with van der Waals surface area (Å²) in [6.45, 7) is 10.2. The number of amidine groups is 1. The number of hydrogen-bond donors (Lipinski definition) is 2. The number of fused-ring (bicyclic) bond motifs is 2. The zero-order valence-electron chi connectivity index (χ0n) is 14.2. The second kappa shape index (κ2) is 4.73. The molecule has 2 aliphatic rings. The van der Waals surface area contributed by atoms with Gasteiger partial charge in [0.15, 0.2) is 0 Å². The Morgan fingerprint density at radius 3 is 2.23 bits per heavy atom. The van der Waals surface area contributed by atoms with Gasteiger partial charge in [-0.3, -0.25) is 0 Å². The van der Waals surface area contributed by atoms with Gasteiger partial charge in [-0.1, -0.05) is 23.7 Å². The van der Waals surface area contributed by atoms with Crippen LogP contribution in [0, 0.1) is 0 Å². The number of hydrogen-bond acceptors (Lipinski definition) is 3. The molecule has 2 N–H and O–H groups in total. The summed E-state index contributed by atoms with van der Waals surface area (Å²) >= 11 is 0. The van der Waals surface area contributed by atoms with Crippen LogP contribution in [0.1, 0.15) is 41.5 Å². The van der Waals surface area contributed by atoms with Crippen LogP contribution in [-0.4, -0.2) is 30.0 Å². The van der Waals surface area contributed by atoms with E-state index >= 15 is 0 Å². The number of rotatable bonds is 1. The number of nitrogens with one attached hydrogen (secondary N) is 2. The van der Waals surface area contributed by atoms with E-state index in [0.29, 0.717) is 6.02 Å². The van der Waals surface area contributed by atoms with Gasteiger partial charge in [0.25, 0.3) is 0 Å². The highest BCUT2D eigenvalue weighted by Crippen LogP contribution is 2.43. The average Bonchev–Trinajstić information content (AvgIpc) is 2.53. The third-order valence-corrected chi connectivity index (χ3v) is 4.63. The predicted octanol–water partition coefficient (Wildman–Crippen LogP) is 0.724. The minimum atomic E-state index is -2.03. The molecule has 0 aromatic heterocycles. The summed E-state index contributed by atoms with van der Waals surface area (Å²) in [5.41, 5.74) is 0.946. The molecule has 1 fully saturated rings. The molecule has 2 heterocycles. The first-order valence-corrected chi connectivity index (χ1v) is 7.88. The van der Waals surface area contributed by atoms with Gasteiger partial charge >= 0.3 is 12.8 Å². The summed E-state index contributed by atoms with van der Waals surface area (Å²) in [5, 5.41) is 3.27. The predicted molar refractivity (Wildman–Crippen MR) is 88.0 cm³/mol. The lowest BCUT2D eigenvalue weighted by Gasteiger charge is -2.40. The first-order chi connectivity index (χ1) is 10.2. The smallest absolute Gasteiger partial charge is 0.475 e. The second-order valence-corrected chi connectivity index (χ2v) is 7.36. The lowest BCUT2D eigenvalue weighted by atomic mass is 9.67. The van der Waals surface area contributed by atoms with Crippen LogP contribution in [0.4, 0.5) is 5.69 Å². The molecule has 5 nitrogen and oxygen atoms in total. The fraction of sp³-hybridized carbons (Fsp3) is 0.562. The third-order valence-electron chi connectivity index (χ3n) is 4.63. The highest BCUT2D eigenvalue weighted by molar-refractivity contribution is 6.79. The Morgan fingerprint density at radius 2 is 1.64 bits per heavy atom. The maximum Gasteiger partial charge on any atom is 0.475 e. The van der Waals surface area contributed by atoms with Gasteiger partial charge in [0.05, 0.1) is 6.04 Å². The highest BCUT2D eigenvalue weighted by atomic mass is 16.8. The number of benzene rings is 1. The van der Waals surface area contributed by atoms with Crippen molar-refractivity contribution in [2.24, 2.45) is 0 Å². The SMILES string of the molecule is CC(C)[NH+]=C1Nc2ccccc2[B-]2(O1)OC(C)(C)C(C)(C)O2. The van der Waals surface area contributed by atoms with Crippen molar-refractivity contribution in [3.63, 3.8) is 0 Å². The lowest BCUT2D eigenvalue weighted by molar-refractivity contribution is -0.501. The van der Waals surface area contributed by atoms with Crippen LogP contribution in [0.2, 0.25) is 0 Å². The van der Waals surface area contributed by atoms with Gasteiger partial charge < -0.3 is 14.0 Å². The molecule has 0 amide bonds. The third kappa shape index (κ3) is 2.30. The van der Waals surface area contributed by atoms with E-state index in [1.54, 1.807) is 0 Å². The molecule has 2 aliphatic heterocycles. The van der Waals surface area contributed by atoms with Gasteiger partial charge in [-0.2, -0.15) is 0 Å². The van der Waals surface area contributed by atoms with Crippen LogP contribution in [0.3, 0.4) is 0 Å². The lowest BCUT2D eigenvalue weighted by Crippen LogP contribution is -2.82. The van der Waals surface area contributed by atoms with Gasteiger partial charge in [-0.15, -0.1) is 0 Å². The van der Waals surface area contributed by atoms with Crippen molar-refractivity contribution in [2.45, 2.75) is 58.8 Å². The molecule has 1 aromatic carbocycles. The molecule has 0 unspecified atom stereocenters. The molecule has 1 saturated heterocycles. The molecule has 0 bridgehead atoms.